The molecule has 0 aliphatic rings. The Morgan fingerprint density at radius 3 is 2.44 bits per heavy atom. The number of hydrogen-bond donors (Lipinski definition) is 2. The molecule has 0 aliphatic carbocycles. The zero-order chi connectivity index (χ0) is 12.1. The van der Waals surface area contributed by atoms with Gasteiger partial charge in [0, 0.05) is 13.0 Å². The molecule has 0 unspecified atom stereocenters. The summed E-state index contributed by atoms with van der Waals surface area (Å²) in [6, 6.07) is 0. The second-order valence-corrected chi connectivity index (χ2v) is 3.75. The largest absolute Gasteiger partial charge is 0.481 e. The van der Waals surface area contributed by atoms with Crippen LogP contribution in [0.4, 0.5) is 5.82 Å². The quantitative estimate of drug-likeness (QED) is 0.743. The lowest BCUT2D eigenvalue weighted by Crippen LogP contribution is -2.09. The minimum Gasteiger partial charge on any atom is -0.481 e. The second-order valence-electron chi connectivity index (χ2n) is 3.75. The van der Waals surface area contributed by atoms with E-state index in [9.17, 15) is 4.79 Å². The molecule has 0 aliphatic heterocycles. The van der Waals surface area contributed by atoms with Crippen molar-refractivity contribution in [2.75, 3.05) is 11.9 Å². The number of carboxylic acids is 1. The molecule has 1 rings (SSSR count). The molecule has 2 N–H and O–H groups in total. The smallest absolute Gasteiger partial charge is 0.303 e. The van der Waals surface area contributed by atoms with Crippen LogP contribution in [-0.2, 0) is 4.79 Å². The van der Waals surface area contributed by atoms with Crippen molar-refractivity contribution < 1.29 is 9.90 Å². The van der Waals surface area contributed by atoms with Gasteiger partial charge in [0.2, 0.25) is 0 Å². The van der Waals surface area contributed by atoms with E-state index >= 15 is 0 Å². The molecule has 5 nitrogen and oxygen atoms in total. The summed E-state index contributed by atoms with van der Waals surface area (Å²) in [6.45, 7) is 6.32. The first kappa shape index (κ1) is 12.4. The number of aliphatic carboxylic acids is 1. The molecular formula is C11H17N3O2. The molecule has 0 aromatic carbocycles. The first-order chi connectivity index (χ1) is 7.50. The van der Waals surface area contributed by atoms with Gasteiger partial charge in [-0.05, 0) is 27.2 Å². The van der Waals surface area contributed by atoms with E-state index in [1.165, 1.54) is 0 Å². The number of nitrogens with zero attached hydrogens (tertiary/aromatic N) is 2. The summed E-state index contributed by atoms with van der Waals surface area (Å²) in [4.78, 5) is 19.0. The number of nitrogens with one attached hydrogen (secondary N) is 1. The van der Waals surface area contributed by atoms with Crippen LogP contribution in [0.1, 0.15) is 29.9 Å². The normalized spacial score (nSPS) is 10.2. The molecule has 0 saturated heterocycles. The molecule has 0 radical (unpaired) electrons. The fourth-order valence-corrected chi connectivity index (χ4v) is 1.33. The third kappa shape index (κ3) is 3.49. The Balaban J connectivity index is 2.54. The van der Waals surface area contributed by atoms with Crippen molar-refractivity contribution in [3.05, 3.63) is 17.1 Å². The van der Waals surface area contributed by atoms with Crippen LogP contribution >= 0.6 is 0 Å². The topological polar surface area (TPSA) is 75.1 Å². The van der Waals surface area contributed by atoms with Gasteiger partial charge in [-0.2, -0.15) is 0 Å². The number of aromatic nitrogens is 2. The molecule has 5 heteroatoms. The van der Waals surface area contributed by atoms with E-state index in [0.717, 1.165) is 22.9 Å². The summed E-state index contributed by atoms with van der Waals surface area (Å²) in [7, 11) is 0. The van der Waals surface area contributed by atoms with Gasteiger partial charge >= 0.3 is 5.97 Å². The first-order valence-electron chi connectivity index (χ1n) is 5.28. The van der Waals surface area contributed by atoms with Crippen LogP contribution in [0, 0.1) is 20.8 Å². The lowest BCUT2D eigenvalue weighted by molar-refractivity contribution is -0.137. The Morgan fingerprint density at radius 1 is 1.19 bits per heavy atom. The van der Waals surface area contributed by atoms with Crippen LogP contribution in [0.3, 0.4) is 0 Å². The van der Waals surface area contributed by atoms with Crippen molar-refractivity contribution in [2.24, 2.45) is 0 Å². The van der Waals surface area contributed by atoms with E-state index in [-0.39, 0.29) is 6.42 Å². The molecule has 1 heterocycles. The summed E-state index contributed by atoms with van der Waals surface area (Å²) in [5.41, 5.74) is 2.67. The summed E-state index contributed by atoms with van der Waals surface area (Å²) in [6.07, 6.45) is 0.758. The first-order valence-corrected chi connectivity index (χ1v) is 5.28. The predicted octanol–water partition coefficient (Wildman–Crippen LogP) is 1.68. The minimum absolute atomic E-state index is 0.171. The van der Waals surface area contributed by atoms with Crippen molar-refractivity contribution in [1.29, 1.82) is 0 Å². The lowest BCUT2D eigenvalue weighted by Gasteiger charge is -2.09. The van der Waals surface area contributed by atoms with Crippen LogP contribution in [0.15, 0.2) is 0 Å². The molecule has 88 valence electrons. The monoisotopic (exact) mass is 223 g/mol. The van der Waals surface area contributed by atoms with E-state index in [1.807, 2.05) is 20.8 Å². The van der Waals surface area contributed by atoms with Crippen molar-refractivity contribution in [2.45, 2.75) is 33.6 Å². The maximum absolute atomic E-state index is 10.3. The van der Waals surface area contributed by atoms with Gasteiger partial charge in [-0.25, -0.2) is 4.98 Å². The molecular weight excluding hydrogens is 206 g/mol. The molecule has 0 atom stereocenters. The maximum atomic E-state index is 10.3. The molecule has 1 aromatic heterocycles. The molecule has 1 aromatic rings. The molecule has 0 amide bonds. The third-order valence-electron chi connectivity index (χ3n) is 2.34. The number of rotatable bonds is 5. The third-order valence-corrected chi connectivity index (χ3v) is 2.34. The highest BCUT2D eigenvalue weighted by Crippen LogP contribution is 2.11. The SMILES string of the molecule is Cc1nc(C)c(NCCCC(=O)O)nc1C. The highest BCUT2D eigenvalue weighted by molar-refractivity contribution is 5.66. The van der Waals surface area contributed by atoms with E-state index in [0.29, 0.717) is 13.0 Å². The van der Waals surface area contributed by atoms with Gasteiger partial charge in [0.05, 0.1) is 17.1 Å². The van der Waals surface area contributed by atoms with Gasteiger partial charge in [0.15, 0.2) is 0 Å². The number of carbonyl (C=O) groups is 1. The summed E-state index contributed by atoms with van der Waals surface area (Å²) in [5, 5.41) is 11.6. The predicted molar refractivity (Wildman–Crippen MR) is 61.6 cm³/mol. The second kappa shape index (κ2) is 5.44. The van der Waals surface area contributed by atoms with E-state index < -0.39 is 5.97 Å². The van der Waals surface area contributed by atoms with Gasteiger partial charge in [0.1, 0.15) is 5.82 Å². The van der Waals surface area contributed by atoms with Gasteiger partial charge < -0.3 is 10.4 Å². The number of anilines is 1. The highest BCUT2D eigenvalue weighted by Gasteiger charge is 2.04. The van der Waals surface area contributed by atoms with Gasteiger partial charge in [-0.15, -0.1) is 0 Å². The Morgan fingerprint density at radius 2 is 1.81 bits per heavy atom. The molecule has 16 heavy (non-hydrogen) atoms. The van der Waals surface area contributed by atoms with Gasteiger partial charge in [0.25, 0.3) is 0 Å². The average molecular weight is 223 g/mol. The summed E-state index contributed by atoms with van der Waals surface area (Å²) in [5.74, 6) is -0.0295. The van der Waals surface area contributed by atoms with Gasteiger partial charge in [-0.1, -0.05) is 0 Å². The van der Waals surface area contributed by atoms with Crippen LogP contribution in [0.5, 0.6) is 0 Å². The zero-order valence-corrected chi connectivity index (χ0v) is 9.87. The van der Waals surface area contributed by atoms with Crippen molar-refractivity contribution in [3.63, 3.8) is 0 Å². The van der Waals surface area contributed by atoms with Crippen LogP contribution in [0.2, 0.25) is 0 Å². The summed E-state index contributed by atoms with van der Waals surface area (Å²) < 4.78 is 0. The Labute approximate surface area is 94.9 Å². The van der Waals surface area contributed by atoms with Crippen LogP contribution < -0.4 is 5.32 Å². The van der Waals surface area contributed by atoms with Crippen molar-refractivity contribution in [1.82, 2.24) is 9.97 Å². The molecule has 0 spiro atoms. The number of carboxylic acid groups (broad SMARTS) is 1. The van der Waals surface area contributed by atoms with E-state index in [4.69, 9.17) is 5.11 Å². The molecule has 0 saturated carbocycles. The number of hydrogen-bond acceptors (Lipinski definition) is 4. The van der Waals surface area contributed by atoms with E-state index in [2.05, 4.69) is 15.3 Å². The minimum atomic E-state index is -0.773. The maximum Gasteiger partial charge on any atom is 0.303 e. The Kier molecular flexibility index (Phi) is 4.22. The number of aryl methyl sites for hydroxylation is 3. The fourth-order valence-electron chi connectivity index (χ4n) is 1.33. The zero-order valence-electron chi connectivity index (χ0n) is 9.87. The van der Waals surface area contributed by atoms with Crippen molar-refractivity contribution >= 4 is 11.8 Å². The van der Waals surface area contributed by atoms with Crippen LogP contribution in [-0.4, -0.2) is 27.6 Å². The lowest BCUT2D eigenvalue weighted by atomic mass is 10.3. The standard InChI is InChI=1S/C11H17N3O2/c1-7-8(2)14-11(9(3)13-7)12-6-4-5-10(15)16/h4-6H2,1-3H3,(H,12,14)(H,15,16). The fraction of sp³-hybridized carbons (Fsp3) is 0.545. The highest BCUT2D eigenvalue weighted by atomic mass is 16.4. The summed E-state index contributed by atoms with van der Waals surface area (Å²) >= 11 is 0. The Bertz CT molecular complexity index is 391. The van der Waals surface area contributed by atoms with Gasteiger partial charge in [-0.3, -0.25) is 9.78 Å². The van der Waals surface area contributed by atoms with Crippen molar-refractivity contribution in [3.8, 4) is 0 Å². The average Bonchev–Trinajstić information content (AvgIpc) is 2.19. The van der Waals surface area contributed by atoms with Crippen LogP contribution in [0.25, 0.3) is 0 Å². The van der Waals surface area contributed by atoms with E-state index in [1.54, 1.807) is 0 Å². The Hall–Kier alpha value is -1.65. The molecule has 0 bridgehead atoms. The molecule has 0 fully saturated rings.